The van der Waals surface area contributed by atoms with Crippen LogP contribution in [0.2, 0.25) is 0 Å². The molecule has 0 spiro atoms. The van der Waals surface area contributed by atoms with Crippen LogP contribution in [0.1, 0.15) is 30.9 Å². The van der Waals surface area contributed by atoms with E-state index in [1.54, 1.807) is 0 Å². The van der Waals surface area contributed by atoms with Gasteiger partial charge in [0.2, 0.25) is 11.8 Å². The summed E-state index contributed by atoms with van der Waals surface area (Å²) in [5, 5.41) is 8.86. The van der Waals surface area contributed by atoms with Crippen molar-refractivity contribution in [3.63, 3.8) is 0 Å². The van der Waals surface area contributed by atoms with Crippen LogP contribution in [0.25, 0.3) is 0 Å². The molecule has 1 aromatic carbocycles. The summed E-state index contributed by atoms with van der Waals surface area (Å²) in [6, 6.07) is 7.94. The molecule has 21 heavy (non-hydrogen) atoms. The smallest absolute Gasteiger partial charge is 0.237 e. The van der Waals surface area contributed by atoms with Crippen molar-refractivity contribution in [3.05, 3.63) is 35.4 Å². The van der Waals surface area contributed by atoms with E-state index in [1.807, 2.05) is 19.1 Å². The van der Waals surface area contributed by atoms with Gasteiger partial charge in [-0.15, -0.1) is 0 Å². The van der Waals surface area contributed by atoms with E-state index in [9.17, 15) is 9.59 Å². The molecule has 0 radical (unpaired) electrons. The van der Waals surface area contributed by atoms with Gasteiger partial charge < -0.3 is 16.0 Å². The molecule has 1 atom stereocenters. The van der Waals surface area contributed by atoms with Gasteiger partial charge in [-0.3, -0.25) is 9.59 Å². The first-order valence-electron chi connectivity index (χ1n) is 7.55. The van der Waals surface area contributed by atoms with Crippen LogP contribution in [0.3, 0.4) is 0 Å². The molecule has 1 heterocycles. The van der Waals surface area contributed by atoms with Gasteiger partial charge in [-0.05, 0) is 24.0 Å². The van der Waals surface area contributed by atoms with Crippen molar-refractivity contribution < 1.29 is 9.59 Å². The summed E-state index contributed by atoms with van der Waals surface area (Å²) in [5.74, 6) is -0.0492. The highest BCUT2D eigenvalue weighted by atomic mass is 16.2. The maximum Gasteiger partial charge on any atom is 0.237 e. The van der Waals surface area contributed by atoms with E-state index in [0.717, 1.165) is 6.42 Å². The molecule has 2 rings (SSSR count). The molecule has 0 saturated carbocycles. The minimum atomic E-state index is -0.210. The lowest BCUT2D eigenvalue weighted by atomic mass is 9.95. The first-order chi connectivity index (χ1) is 10.2. The fraction of sp³-hybridized carbons (Fsp3) is 0.500. The highest BCUT2D eigenvalue weighted by molar-refractivity contribution is 5.83. The van der Waals surface area contributed by atoms with Crippen LogP contribution in [0.4, 0.5) is 0 Å². The van der Waals surface area contributed by atoms with E-state index < -0.39 is 0 Å². The predicted molar refractivity (Wildman–Crippen MR) is 81.7 cm³/mol. The van der Waals surface area contributed by atoms with Crippen LogP contribution >= 0.6 is 0 Å². The van der Waals surface area contributed by atoms with E-state index in [1.165, 1.54) is 11.1 Å². The number of nitrogens with one attached hydrogen (secondary N) is 3. The van der Waals surface area contributed by atoms with Gasteiger partial charge in [0.1, 0.15) is 0 Å². The second kappa shape index (κ2) is 7.78. The Morgan fingerprint density at radius 1 is 1.19 bits per heavy atom. The molecule has 0 fully saturated rings. The average Bonchev–Trinajstić information content (AvgIpc) is 2.52. The second-order valence-electron chi connectivity index (χ2n) is 5.30. The summed E-state index contributed by atoms with van der Waals surface area (Å²) in [6.45, 7) is 3.79. The first-order valence-corrected chi connectivity index (χ1v) is 7.55. The third-order valence-electron chi connectivity index (χ3n) is 3.62. The summed E-state index contributed by atoms with van der Waals surface area (Å²) < 4.78 is 0. The number of hydrogen-bond acceptors (Lipinski definition) is 3. The zero-order chi connectivity index (χ0) is 15.1. The number of amides is 2. The monoisotopic (exact) mass is 289 g/mol. The lowest BCUT2D eigenvalue weighted by Gasteiger charge is -2.25. The van der Waals surface area contributed by atoms with Gasteiger partial charge in [0.15, 0.2) is 0 Å². The van der Waals surface area contributed by atoms with E-state index in [0.29, 0.717) is 32.5 Å². The molecule has 0 aliphatic carbocycles. The molecule has 1 aliphatic heterocycles. The lowest BCUT2D eigenvalue weighted by molar-refractivity contribution is -0.123. The molecule has 0 unspecified atom stereocenters. The van der Waals surface area contributed by atoms with E-state index >= 15 is 0 Å². The molecule has 5 nitrogen and oxygen atoms in total. The summed E-state index contributed by atoms with van der Waals surface area (Å²) in [7, 11) is 0. The molecule has 3 N–H and O–H groups in total. The summed E-state index contributed by atoms with van der Waals surface area (Å²) in [4.78, 5) is 23.5. The molecule has 0 saturated heterocycles. The SMILES string of the molecule is CCCNC(=O)CCNC(=O)[C@@H]1Cc2ccccc2CN1. The topological polar surface area (TPSA) is 70.2 Å². The fourth-order valence-electron chi connectivity index (χ4n) is 2.41. The Morgan fingerprint density at radius 2 is 1.95 bits per heavy atom. The minimum Gasteiger partial charge on any atom is -0.356 e. The van der Waals surface area contributed by atoms with Crippen molar-refractivity contribution in [2.75, 3.05) is 13.1 Å². The Labute approximate surface area is 125 Å². The van der Waals surface area contributed by atoms with Crippen LogP contribution in [0.5, 0.6) is 0 Å². The van der Waals surface area contributed by atoms with Crippen molar-refractivity contribution in [2.24, 2.45) is 0 Å². The Hall–Kier alpha value is -1.88. The van der Waals surface area contributed by atoms with Crippen LogP contribution in [0, 0.1) is 0 Å². The molecule has 2 amide bonds. The molecule has 5 heteroatoms. The van der Waals surface area contributed by atoms with Crippen molar-refractivity contribution >= 4 is 11.8 Å². The Bertz CT molecular complexity index is 502. The number of hydrogen-bond donors (Lipinski definition) is 3. The first kappa shape index (κ1) is 15.5. The van der Waals surface area contributed by atoms with Gasteiger partial charge >= 0.3 is 0 Å². The third kappa shape index (κ3) is 4.56. The number of carbonyl (C=O) groups excluding carboxylic acids is 2. The Morgan fingerprint density at radius 3 is 2.71 bits per heavy atom. The predicted octanol–water partition coefficient (Wildman–Crippen LogP) is 0.733. The van der Waals surface area contributed by atoms with E-state index in [-0.39, 0.29) is 17.9 Å². The highest BCUT2D eigenvalue weighted by Gasteiger charge is 2.23. The summed E-state index contributed by atoms with van der Waals surface area (Å²) >= 11 is 0. The van der Waals surface area contributed by atoms with Gasteiger partial charge in [0.25, 0.3) is 0 Å². The summed E-state index contributed by atoms with van der Waals surface area (Å²) in [6.07, 6.45) is 1.95. The van der Waals surface area contributed by atoms with Gasteiger partial charge in [0.05, 0.1) is 6.04 Å². The van der Waals surface area contributed by atoms with Gasteiger partial charge in [-0.2, -0.15) is 0 Å². The molecule has 0 aromatic heterocycles. The zero-order valence-electron chi connectivity index (χ0n) is 12.4. The van der Waals surface area contributed by atoms with Crippen LogP contribution < -0.4 is 16.0 Å². The second-order valence-corrected chi connectivity index (χ2v) is 5.30. The quantitative estimate of drug-likeness (QED) is 0.723. The van der Waals surface area contributed by atoms with Crippen LogP contribution in [-0.2, 0) is 22.6 Å². The molecule has 1 aromatic rings. The normalized spacial score (nSPS) is 16.9. The minimum absolute atomic E-state index is 0.0147. The van der Waals surface area contributed by atoms with Gasteiger partial charge in [-0.25, -0.2) is 0 Å². The average molecular weight is 289 g/mol. The van der Waals surface area contributed by atoms with Crippen LogP contribution in [-0.4, -0.2) is 30.9 Å². The molecule has 1 aliphatic rings. The summed E-state index contributed by atoms with van der Waals surface area (Å²) in [5.41, 5.74) is 2.47. The number of rotatable bonds is 6. The van der Waals surface area contributed by atoms with Crippen molar-refractivity contribution in [3.8, 4) is 0 Å². The maximum absolute atomic E-state index is 12.1. The molecular formula is C16H23N3O2. The highest BCUT2D eigenvalue weighted by Crippen LogP contribution is 2.16. The fourth-order valence-corrected chi connectivity index (χ4v) is 2.41. The molecule has 0 bridgehead atoms. The number of carbonyl (C=O) groups is 2. The van der Waals surface area contributed by atoms with E-state index in [2.05, 4.69) is 28.1 Å². The van der Waals surface area contributed by atoms with Crippen molar-refractivity contribution in [2.45, 2.75) is 38.8 Å². The third-order valence-corrected chi connectivity index (χ3v) is 3.62. The number of fused-ring (bicyclic) bond motifs is 1. The Kier molecular flexibility index (Phi) is 5.75. The van der Waals surface area contributed by atoms with Crippen molar-refractivity contribution in [1.82, 2.24) is 16.0 Å². The van der Waals surface area contributed by atoms with Crippen molar-refractivity contribution in [1.29, 1.82) is 0 Å². The maximum atomic E-state index is 12.1. The lowest BCUT2D eigenvalue weighted by Crippen LogP contribution is -2.48. The number of benzene rings is 1. The van der Waals surface area contributed by atoms with Gasteiger partial charge in [0, 0.05) is 26.1 Å². The van der Waals surface area contributed by atoms with Crippen LogP contribution in [0.15, 0.2) is 24.3 Å². The zero-order valence-corrected chi connectivity index (χ0v) is 12.4. The molecule has 114 valence electrons. The largest absolute Gasteiger partial charge is 0.356 e. The van der Waals surface area contributed by atoms with E-state index in [4.69, 9.17) is 0 Å². The molecular weight excluding hydrogens is 266 g/mol. The van der Waals surface area contributed by atoms with Gasteiger partial charge in [-0.1, -0.05) is 31.2 Å². The Balaban J connectivity index is 1.74. The standard InChI is InChI=1S/C16H23N3O2/c1-2-8-17-15(20)7-9-18-16(21)14-10-12-5-3-4-6-13(12)11-19-14/h3-6,14,19H,2,7-11H2,1H3,(H,17,20)(H,18,21)/t14-/m0/s1.